The molecule has 0 aromatic heterocycles. The molecule has 5 nitrogen and oxygen atoms in total. The molecule has 2 rings (SSSR count). The molecule has 1 amide bonds. The van der Waals surface area contributed by atoms with Gasteiger partial charge < -0.3 is 9.84 Å². The molecule has 1 heterocycles. The number of carboxylic acids is 1. The van der Waals surface area contributed by atoms with E-state index in [1.807, 2.05) is 0 Å². The second-order valence-corrected chi connectivity index (χ2v) is 6.91. The molecule has 24 heavy (non-hydrogen) atoms. The summed E-state index contributed by atoms with van der Waals surface area (Å²) >= 11 is 0. The number of rotatable bonds is 1. The van der Waals surface area contributed by atoms with E-state index in [4.69, 9.17) is 9.84 Å². The molecule has 1 unspecified atom stereocenters. The van der Waals surface area contributed by atoms with Gasteiger partial charge in [0.1, 0.15) is 11.6 Å². The van der Waals surface area contributed by atoms with Crippen LogP contribution in [0, 0.1) is 17.3 Å². The first-order valence-electron chi connectivity index (χ1n) is 6.91. The van der Waals surface area contributed by atoms with Crippen LogP contribution in [0.1, 0.15) is 20.8 Å². The van der Waals surface area contributed by atoms with E-state index in [9.17, 15) is 35.9 Å². The van der Waals surface area contributed by atoms with Gasteiger partial charge in [0, 0.05) is 18.4 Å². The minimum Gasteiger partial charge on any atom is -0.480 e. The van der Waals surface area contributed by atoms with Crippen molar-refractivity contribution in [3.05, 3.63) is 0 Å². The molecule has 0 bridgehead atoms. The number of alkyl halides is 6. The van der Waals surface area contributed by atoms with Crippen molar-refractivity contribution in [2.45, 2.75) is 44.8 Å². The van der Waals surface area contributed by atoms with Crippen molar-refractivity contribution in [3.63, 3.8) is 0 Å². The summed E-state index contributed by atoms with van der Waals surface area (Å²) in [6.45, 7) is 3.34. The predicted molar refractivity (Wildman–Crippen MR) is 65.9 cm³/mol. The average molecular weight is 363 g/mol. The standard InChI is InChI=1S/C13H15F6NO4/c1-10(2,3)24-9(23)20-4-5-6(7(20)8(21)22)11(5,12(14,15)16)13(17,18)19/h5-7H,4H2,1-3H3,(H,21,22)/t5-,6-,7?/m0/s1. The monoisotopic (exact) mass is 363 g/mol. The third-order valence-corrected chi connectivity index (χ3v) is 4.32. The first-order valence-corrected chi connectivity index (χ1v) is 6.91. The van der Waals surface area contributed by atoms with Crippen LogP contribution in [-0.2, 0) is 9.53 Å². The summed E-state index contributed by atoms with van der Waals surface area (Å²) in [4.78, 5) is 23.6. The Labute approximate surface area is 132 Å². The number of carbonyl (C=O) groups excluding carboxylic acids is 1. The number of nitrogens with zero attached hydrogens (tertiary/aromatic N) is 1. The summed E-state index contributed by atoms with van der Waals surface area (Å²) < 4.78 is 83.5. The molecular formula is C13H15F6NO4. The Kier molecular flexibility index (Phi) is 3.82. The van der Waals surface area contributed by atoms with E-state index < -0.39 is 59.9 Å². The van der Waals surface area contributed by atoms with E-state index in [0.717, 1.165) is 0 Å². The number of carbonyl (C=O) groups is 2. The molecule has 3 atom stereocenters. The Bertz CT molecular complexity index is 550. The Hall–Kier alpha value is -1.68. The number of piperidine rings is 1. The minimum atomic E-state index is -5.66. The van der Waals surface area contributed by atoms with Gasteiger partial charge >= 0.3 is 24.4 Å². The maximum absolute atomic E-state index is 13.1. The van der Waals surface area contributed by atoms with Crippen LogP contribution in [-0.4, -0.2) is 52.6 Å². The van der Waals surface area contributed by atoms with Crippen molar-refractivity contribution in [2.24, 2.45) is 17.3 Å². The van der Waals surface area contributed by atoms with E-state index >= 15 is 0 Å². The lowest BCUT2D eigenvalue weighted by Crippen LogP contribution is -2.53. The van der Waals surface area contributed by atoms with Crippen LogP contribution in [0.3, 0.4) is 0 Å². The predicted octanol–water partition coefficient (Wildman–Crippen LogP) is 3.05. The molecule has 1 saturated heterocycles. The number of aliphatic carboxylic acids is 1. The number of amides is 1. The van der Waals surface area contributed by atoms with Crippen molar-refractivity contribution in [1.29, 1.82) is 0 Å². The molecule has 1 saturated carbocycles. The number of hydrogen-bond acceptors (Lipinski definition) is 3. The minimum absolute atomic E-state index is 0.429. The summed E-state index contributed by atoms with van der Waals surface area (Å²) in [6, 6.07) is -2.24. The molecule has 1 N–H and O–H groups in total. The Morgan fingerprint density at radius 2 is 1.54 bits per heavy atom. The summed E-state index contributed by atoms with van der Waals surface area (Å²) in [5, 5.41) is 9.11. The average Bonchev–Trinajstić information content (AvgIpc) is 2.80. The van der Waals surface area contributed by atoms with Crippen molar-refractivity contribution < 1.29 is 45.8 Å². The van der Waals surface area contributed by atoms with Gasteiger partial charge in [0.2, 0.25) is 0 Å². The van der Waals surface area contributed by atoms with Crippen molar-refractivity contribution >= 4 is 12.1 Å². The molecule has 2 fully saturated rings. The Morgan fingerprint density at radius 1 is 1.08 bits per heavy atom. The highest BCUT2D eigenvalue weighted by Crippen LogP contribution is 2.77. The highest BCUT2D eigenvalue weighted by atomic mass is 19.4. The quantitative estimate of drug-likeness (QED) is 0.728. The highest BCUT2D eigenvalue weighted by molar-refractivity contribution is 5.83. The van der Waals surface area contributed by atoms with Gasteiger partial charge in [-0.1, -0.05) is 0 Å². The third kappa shape index (κ3) is 2.48. The fourth-order valence-corrected chi connectivity index (χ4v) is 3.49. The van der Waals surface area contributed by atoms with Gasteiger partial charge in [-0.3, -0.25) is 4.90 Å². The zero-order valence-corrected chi connectivity index (χ0v) is 12.8. The van der Waals surface area contributed by atoms with Gasteiger partial charge in [0.05, 0.1) is 0 Å². The topological polar surface area (TPSA) is 66.8 Å². The Morgan fingerprint density at radius 3 is 1.88 bits per heavy atom. The fourth-order valence-electron chi connectivity index (χ4n) is 3.49. The van der Waals surface area contributed by atoms with Gasteiger partial charge in [-0.2, -0.15) is 26.3 Å². The zero-order valence-electron chi connectivity index (χ0n) is 12.8. The number of hydrogen-bond donors (Lipinski definition) is 1. The van der Waals surface area contributed by atoms with Crippen molar-refractivity contribution in [2.75, 3.05) is 6.54 Å². The molecule has 0 spiro atoms. The van der Waals surface area contributed by atoms with Crippen LogP contribution >= 0.6 is 0 Å². The van der Waals surface area contributed by atoms with Crippen LogP contribution < -0.4 is 0 Å². The van der Waals surface area contributed by atoms with Crippen LogP contribution in [0.15, 0.2) is 0 Å². The summed E-state index contributed by atoms with van der Waals surface area (Å²) in [6.07, 6.45) is -12.6. The number of fused-ring (bicyclic) bond motifs is 1. The highest BCUT2D eigenvalue weighted by Gasteiger charge is 2.93. The first kappa shape index (κ1) is 18.7. The maximum atomic E-state index is 13.1. The zero-order chi connectivity index (χ0) is 18.9. The lowest BCUT2D eigenvalue weighted by molar-refractivity contribution is -0.314. The van der Waals surface area contributed by atoms with Gasteiger partial charge in [-0.25, -0.2) is 9.59 Å². The van der Waals surface area contributed by atoms with E-state index in [2.05, 4.69) is 0 Å². The maximum Gasteiger partial charge on any atom is 0.411 e. The molecule has 138 valence electrons. The second-order valence-electron chi connectivity index (χ2n) is 6.91. The first-order chi connectivity index (χ1) is 10.6. The smallest absolute Gasteiger partial charge is 0.411 e. The molecule has 2 aliphatic rings. The molecule has 1 aliphatic carbocycles. The van der Waals surface area contributed by atoms with Crippen LogP contribution in [0.5, 0.6) is 0 Å². The van der Waals surface area contributed by atoms with Gasteiger partial charge in [0.15, 0.2) is 5.41 Å². The molecule has 0 aromatic rings. The number of ether oxygens (including phenoxy) is 1. The normalized spacial score (nSPS) is 29.2. The van der Waals surface area contributed by atoms with Crippen molar-refractivity contribution in [1.82, 2.24) is 4.90 Å². The SMILES string of the molecule is CC(C)(C)OC(=O)N1C[C@H]2[C@@H](C1C(=O)O)C2(C(F)(F)F)C(F)(F)F. The van der Waals surface area contributed by atoms with E-state index in [1.165, 1.54) is 20.8 Å². The van der Waals surface area contributed by atoms with E-state index in [-0.39, 0.29) is 0 Å². The van der Waals surface area contributed by atoms with Crippen LogP contribution in [0.2, 0.25) is 0 Å². The van der Waals surface area contributed by atoms with Gasteiger partial charge in [-0.15, -0.1) is 0 Å². The van der Waals surface area contributed by atoms with Gasteiger partial charge in [0.25, 0.3) is 0 Å². The molecule has 1 aliphatic heterocycles. The molecule has 0 radical (unpaired) electrons. The van der Waals surface area contributed by atoms with Crippen LogP contribution in [0.25, 0.3) is 0 Å². The van der Waals surface area contributed by atoms with E-state index in [1.54, 1.807) is 0 Å². The fraction of sp³-hybridized carbons (Fsp3) is 0.846. The molecular weight excluding hydrogens is 348 g/mol. The third-order valence-electron chi connectivity index (χ3n) is 4.32. The number of likely N-dealkylation sites (tertiary alicyclic amines) is 1. The lowest BCUT2D eigenvalue weighted by atomic mass is 9.94. The number of halogens is 6. The van der Waals surface area contributed by atoms with Gasteiger partial charge in [-0.05, 0) is 20.8 Å². The molecule has 0 aromatic carbocycles. The largest absolute Gasteiger partial charge is 0.480 e. The number of carboxylic acid groups (broad SMARTS) is 1. The Balaban J connectivity index is 2.36. The summed E-state index contributed by atoms with van der Waals surface area (Å²) in [7, 11) is 0. The molecule has 11 heteroatoms. The van der Waals surface area contributed by atoms with Crippen molar-refractivity contribution in [3.8, 4) is 0 Å². The summed E-state index contributed by atoms with van der Waals surface area (Å²) in [5.74, 6) is -6.25. The summed E-state index contributed by atoms with van der Waals surface area (Å²) in [5.41, 5.74) is -5.17. The van der Waals surface area contributed by atoms with Crippen LogP contribution in [0.4, 0.5) is 31.1 Å². The second kappa shape index (κ2) is 4.92. The van der Waals surface area contributed by atoms with E-state index in [0.29, 0.717) is 4.90 Å². The lowest BCUT2D eigenvalue weighted by Gasteiger charge is -2.34.